The van der Waals surface area contributed by atoms with Crippen LogP contribution in [0.15, 0.2) is 0 Å². The highest BCUT2D eigenvalue weighted by atomic mass is 32.2. The van der Waals surface area contributed by atoms with Gasteiger partial charge in [0.15, 0.2) is 0 Å². The van der Waals surface area contributed by atoms with Crippen LogP contribution in [0.25, 0.3) is 0 Å². The highest BCUT2D eigenvalue weighted by molar-refractivity contribution is 7.87. The zero-order valence-corrected chi connectivity index (χ0v) is 14.2. The summed E-state index contributed by atoms with van der Waals surface area (Å²) in [5.41, 5.74) is -5.46. The van der Waals surface area contributed by atoms with Gasteiger partial charge in [0.1, 0.15) is 5.79 Å². The molecule has 0 aromatic rings. The molecular formula is C11H22F4O4SSi. The number of rotatable bonds is 10. The molecule has 1 atom stereocenters. The van der Waals surface area contributed by atoms with Gasteiger partial charge in [0.05, 0.1) is 13.2 Å². The minimum absolute atomic E-state index is 0.342. The van der Waals surface area contributed by atoms with Crippen LogP contribution in [0.3, 0.4) is 0 Å². The molecule has 0 heterocycles. The first-order chi connectivity index (χ1) is 9.44. The van der Waals surface area contributed by atoms with E-state index in [2.05, 4.69) is 4.18 Å². The van der Waals surface area contributed by atoms with Crippen molar-refractivity contribution >= 4 is 18.4 Å². The molecule has 0 aromatic carbocycles. The van der Waals surface area contributed by atoms with Crippen molar-refractivity contribution in [2.75, 3.05) is 13.2 Å². The Kier molecular flexibility index (Phi) is 8.36. The van der Waals surface area contributed by atoms with Gasteiger partial charge in [-0.25, -0.2) is 4.39 Å². The van der Waals surface area contributed by atoms with Crippen molar-refractivity contribution in [2.24, 2.45) is 0 Å². The van der Waals surface area contributed by atoms with Crippen molar-refractivity contribution < 1.29 is 34.6 Å². The zero-order valence-electron chi connectivity index (χ0n) is 12.4. The van der Waals surface area contributed by atoms with Crippen molar-refractivity contribution in [3.63, 3.8) is 0 Å². The van der Waals surface area contributed by atoms with Gasteiger partial charge in [-0.15, -0.1) is 0 Å². The molecule has 1 unspecified atom stereocenters. The van der Waals surface area contributed by atoms with E-state index in [1.165, 1.54) is 0 Å². The van der Waals surface area contributed by atoms with E-state index in [0.29, 0.717) is 6.42 Å². The van der Waals surface area contributed by atoms with Crippen LogP contribution in [-0.4, -0.2) is 41.3 Å². The largest absolute Gasteiger partial charge is 0.523 e. The summed E-state index contributed by atoms with van der Waals surface area (Å²) in [5.74, 6) is -1.15. The molecule has 0 saturated carbocycles. The minimum Gasteiger partial charge on any atom is -0.412 e. The van der Waals surface area contributed by atoms with Crippen molar-refractivity contribution in [3.8, 4) is 0 Å². The zero-order chi connectivity index (χ0) is 16.7. The molecule has 0 spiro atoms. The summed E-state index contributed by atoms with van der Waals surface area (Å²) in [6, 6.07) is 0. The average Bonchev–Trinajstić information content (AvgIpc) is 2.33. The van der Waals surface area contributed by atoms with Crippen LogP contribution in [0.5, 0.6) is 0 Å². The van der Waals surface area contributed by atoms with Gasteiger partial charge >= 0.3 is 15.6 Å². The molecule has 4 nitrogen and oxygen atoms in total. The smallest absolute Gasteiger partial charge is 0.412 e. The third kappa shape index (κ3) is 7.57. The SMILES string of the molecule is CCCCCC(F)[Si](C)(C)OCCOS(=O)(=O)C(F)(F)F. The second-order valence-corrected chi connectivity index (χ2v) is 10.9. The predicted octanol–water partition coefficient (Wildman–Crippen LogP) is 3.53. The summed E-state index contributed by atoms with van der Waals surface area (Å²) in [5, 5.41) is 0. The number of hydrogen-bond donors (Lipinski definition) is 0. The van der Waals surface area contributed by atoms with Gasteiger partial charge < -0.3 is 4.43 Å². The summed E-state index contributed by atoms with van der Waals surface area (Å²) in [7, 11) is -8.33. The Morgan fingerprint density at radius 2 is 1.71 bits per heavy atom. The molecule has 0 radical (unpaired) electrons. The molecule has 0 N–H and O–H groups in total. The van der Waals surface area contributed by atoms with Crippen LogP contribution in [0.1, 0.15) is 32.6 Å². The maximum absolute atomic E-state index is 14.0. The topological polar surface area (TPSA) is 52.6 Å². The lowest BCUT2D eigenvalue weighted by Crippen LogP contribution is -2.43. The molecule has 0 aliphatic carbocycles. The maximum atomic E-state index is 14.0. The van der Waals surface area contributed by atoms with Crippen molar-refractivity contribution in [1.29, 1.82) is 0 Å². The molecule has 0 saturated heterocycles. The molecule has 10 heteroatoms. The summed E-state index contributed by atoms with van der Waals surface area (Å²) in [6.45, 7) is 4.02. The third-order valence-corrected chi connectivity index (χ3v) is 6.68. The summed E-state index contributed by atoms with van der Waals surface area (Å²) in [6.07, 6.45) is 2.92. The lowest BCUT2D eigenvalue weighted by molar-refractivity contribution is -0.0547. The molecule has 0 amide bonds. The monoisotopic (exact) mass is 354 g/mol. The Balaban J connectivity index is 4.15. The van der Waals surface area contributed by atoms with E-state index in [-0.39, 0.29) is 6.61 Å². The third-order valence-electron chi connectivity index (χ3n) is 2.89. The van der Waals surface area contributed by atoms with E-state index in [4.69, 9.17) is 4.43 Å². The Morgan fingerprint density at radius 3 is 2.19 bits per heavy atom. The van der Waals surface area contributed by atoms with Crippen molar-refractivity contribution in [3.05, 3.63) is 0 Å². The molecule has 0 aliphatic rings. The van der Waals surface area contributed by atoms with Gasteiger partial charge in [-0.2, -0.15) is 21.6 Å². The molecule has 128 valence electrons. The minimum atomic E-state index is -5.61. The fourth-order valence-corrected chi connectivity index (χ4v) is 3.64. The van der Waals surface area contributed by atoms with Crippen LogP contribution >= 0.6 is 0 Å². The first-order valence-corrected chi connectivity index (χ1v) is 11.1. The van der Waals surface area contributed by atoms with E-state index in [9.17, 15) is 26.0 Å². The van der Waals surface area contributed by atoms with Crippen LogP contribution in [0, 0.1) is 0 Å². The lowest BCUT2D eigenvalue weighted by atomic mass is 10.2. The summed E-state index contributed by atoms with van der Waals surface area (Å²) in [4.78, 5) is 0. The van der Waals surface area contributed by atoms with Gasteiger partial charge in [0, 0.05) is 0 Å². The number of unbranched alkanes of at least 4 members (excludes halogenated alkanes) is 2. The molecule has 0 rings (SSSR count). The van der Waals surface area contributed by atoms with Gasteiger partial charge in [-0.3, -0.25) is 4.18 Å². The number of hydrogen-bond acceptors (Lipinski definition) is 4. The Bertz CT molecular complexity index is 398. The van der Waals surface area contributed by atoms with Crippen LogP contribution in [0.4, 0.5) is 17.6 Å². The summed E-state index contributed by atoms with van der Waals surface area (Å²) >= 11 is 0. The van der Waals surface area contributed by atoms with Gasteiger partial charge in [0.2, 0.25) is 8.32 Å². The highest BCUT2D eigenvalue weighted by Crippen LogP contribution is 2.24. The first kappa shape index (κ1) is 20.8. The Labute approximate surface area is 124 Å². The van der Waals surface area contributed by atoms with E-state index < -0.39 is 36.3 Å². The highest BCUT2D eigenvalue weighted by Gasteiger charge is 2.47. The molecule has 0 fully saturated rings. The Morgan fingerprint density at radius 1 is 1.14 bits per heavy atom. The second kappa shape index (κ2) is 8.44. The fraction of sp³-hybridized carbons (Fsp3) is 1.00. The summed E-state index contributed by atoms with van der Waals surface area (Å²) < 4.78 is 80.2. The number of halogens is 4. The normalized spacial score (nSPS) is 15.2. The van der Waals surface area contributed by atoms with Gasteiger partial charge in [-0.05, 0) is 19.5 Å². The molecule has 21 heavy (non-hydrogen) atoms. The second-order valence-electron chi connectivity index (χ2n) is 5.14. The van der Waals surface area contributed by atoms with Gasteiger partial charge in [0.25, 0.3) is 0 Å². The van der Waals surface area contributed by atoms with Gasteiger partial charge in [-0.1, -0.05) is 26.2 Å². The maximum Gasteiger partial charge on any atom is 0.523 e. The Hall–Kier alpha value is -0.193. The first-order valence-electron chi connectivity index (χ1n) is 6.67. The van der Waals surface area contributed by atoms with Crippen LogP contribution in [-0.2, 0) is 18.7 Å². The quantitative estimate of drug-likeness (QED) is 0.198. The fourth-order valence-electron chi connectivity index (χ4n) is 1.53. The van der Waals surface area contributed by atoms with Crippen LogP contribution < -0.4 is 0 Å². The van der Waals surface area contributed by atoms with E-state index in [1.807, 2.05) is 6.92 Å². The van der Waals surface area contributed by atoms with E-state index in [1.54, 1.807) is 13.1 Å². The van der Waals surface area contributed by atoms with Crippen LogP contribution in [0.2, 0.25) is 13.1 Å². The standard InChI is InChI=1S/C11H22F4O4SSi/c1-4-5-6-7-10(12)21(2,3)19-9-8-18-20(16,17)11(13,14)15/h10H,4-9H2,1-3H3. The number of alkyl halides is 4. The average molecular weight is 354 g/mol. The molecule has 0 aliphatic heterocycles. The molecular weight excluding hydrogens is 332 g/mol. The molecule has 0 bridgehead atoms. The lowest BCUT2D eigenvalue weighted by Gasteiger charge is -2.26. The van der Waals surface area contributed by atoms with E-state index >= 15 is 0 Å². The van der Waals surface area contributed by atoms with E-state index in [0.717, 1.165) is 19.3 Å². The molecule has 0 aromatic heterocycles. The predicted molar refractivity (Wildman–Crippen MR) is 73.4 cm³/mol. The van der Waals surface area contributed by atoms with Crippen molar-refractivity contribution in [1.82, 2.24) is 0 Å². The van der Waals surface area contributed by atoms with Crippen molar-refractivity contribution in [2.45, 2.75) is 57.0 Å².